The second kappa shape index (κ2) is 6.34. The van der Waals surface area contributed by atoms with Gasteiger partial charge < -0.3 is 15.5 Å². The molecule has 1 aliphatic rings. The first-order valence-corrected chi connectivity index (χ1v) is 7.60. The molecule has 1 aromatic rings. The maximum Gasteiger partial charge on any atom is 0.161 e. The monoisotopic (exact) mass is 267 g/mol. The average Bonchev–Trinajstić information content (AvgIpc) is 2.79. The molecule has 1 aromatic carbocycles. The average molecular weight is 267 g/mol. The molecule has 0 aromatic heterocycles. The lowest BCUT2D eigenvalue weighted by Gasteiger charge is -2.14. The first kappa shape index (κ1) is 13.6. The summed E-state index contributed by atoms with van der Waals surface area (Å²) in [6.45, 7) is 2.82. The van der Waals surface area contributed by atoms with Gasteiger partial charge in [-0.05, 0) is 31.1 Å². The van der Waals surface area contributed by atoms with Crippen LogP contribution in [0.1, 0.15) is 31.7 Å². The van der Waals surface area contributed by atoms with E-state index < -0.39 is 0 Å². The topological polar surface area (TPSA) is 52.5 Å². The van der Waals surface area contributed by atoms with Crippen LogP contribution in [0.2, 0.25) is 0 Å². The van der Waals surface area contributed by atoms with Crippen molar-refractivity contribution in [2.75, 3.05) is 5.75 Å². The molecule has 0 spiro atoms. The Kier molecular flexibility index (Phi) is 4.78. The Morgan fingerprint density at radius 2 is 2.17 bits per heavy atom. The molecule has 2 rings (SSSR count). The van der Waals surface area contributed by atoms with Gasteiger partial charge >= 0.3 is 0 Å². The Balaban J connectivity index is 1.83. The van der Waals surface area contributed by atoms with Crippen LogP contribution in [0, 0.1) is 0 Å². The van der Waals surface area contributed by atoms with Crippen molar-refractivity contribution in [3.8, 4) is 11.5 Å². The van der Waals surface area contributed by atoms with Crippen LogP contribution in [0.15, 0.2) is 18.2 Å². The number of rotatable bonds is 5. The minimum atomic E-state index is -0.0415. The molecule has 3 N–H and O–H groups in total. The summed E-state index contributed by atoms with van der Waals surface area (Å²) < 4.78 is 0. The van der Waals surface area contributed by atoms with Crippen LogP contribution in [0.4, 0.5) is 0 Å². The van der Waals surface area contributed by atoms with E-state index >= 15 is 0 Å². The van der Waals surface area contributed by atoms with E-state index in [-0.39, 0.29) is 11.5 Å². The van der Waals surface area contributed by atoms with Gasteiger partial charge in [0.05, 0.1) is 0 Å². The molecule has 18 heavy (non-hydrogen) atoms. The van der Waals surface area contributed by atoms with Crippen molar-refractivity contribution >= 4 is 11.8 Å². The lowest BCUT2D eigenvalue weighted by Crippen LogP contribution is -2.26. The van der Waals surface area contributed by atoms with Crippen LogP contribution in [0.3, 0.4) is 0 Å². The number of aromatic hydroxyl groups is 2. The van der Waals surface area contributed by atoms with Crippen LogP contribution in [-0.2, 0) is 6.54 Å². The maximum atomic E-state index is 9.71. The third-order valence-corrected chi connectivity index (χ3v) is 4.70. The number of phenols is 2. The summed E-state index contributed by atoms with van der Waals surface area (Å²) in [5, 5.41) is 23.4. The molecule has 0 heterocycles. The lowest BCUT2D eigenvalue weighted by atomic mass is 10.1. The normalized spacial score (nSPS) is 23.4. The van der Waals surface area contributed by atoms with Crippen molar-refractivity contribution in [2.45, 2.75) is 44.0 Å². The van der Waals surface area contributed by atoms with Gasteiger partial charge in [-0.25, -0.2) is 0 Å². The smallest absolute Gasteiger partial charge is 0.161 e. The molecule has 2 atom stereocenters. The summed E-state index contributed by atoms with van der Waals surface area (Å²) in [7, 11) is 0. The lowest BCUT2D eigenvalue weighted by molar-refractivity contribution is 0.395. The largest absolute Gasteiger partial charge is 0.504 e. The molecule has 0 amide bonds. The highest BCUT2D eigenvalue weighted by Crippen LogP contribution is 2.31. The first-order valence-electron chi connectivity index (χ1n) is 6.55. The molecule has 3 nitrogen and oxygen atoms in total. The Morgan fingerprint density at radius 3 is 2.94 bits per heavy atom. The fraction of sp³-hybridized carbons (Fsp3) is 0.571. The summed E-state index contributed by atoms with van der Waals surface area (Å²) >= 11 is 2.04. The zero-order valence-corrected chi connectivity index (χ0v) is 11.5. The summed E-state index contributed by atoms with van der Waals surface area (Å²) in [6.07, 6.45) is 3.69. The number of para-hydroxylation sites is 1. The van der Waals surface area contributed by atoms with Gasteiger partial charge in [-0.15, -0.1) is 0 Å². The predicted octanol–water partition coefficient (Wildman–Crippen LogP) is 2.86. The van der Waals surface area contributed by atoms with Crippen molar-refractivity contribution in [1.29, 1.82) is 0 Å². The van der Waals surface area contributed by atoms with Gasteiger partial charge in [0.25, 0.3) is 0 Å². The van der Waals surface area contributed by atoms with E-state index in [0.717, 1.165) is 10.8 Å². The summed E-state index contributed by atoms with van der Waals surface area (Å²) in [5.41, 5.74) is 0.765. The molecule has 2 unspecified atom stereocenters. The van der Waals surface area contributed by atoms with E-state index in [1.807, 2.05) is 17.8 Å². The molecule has 0 bridgehead atoms. The van der Waals surface area contributed by atoms with E-state index in [2.05, 4.69) is 12.2 Å². The Labute approximate surface area is 113 Å². The second-order valence-electron chi connectivity index (χ2n) is 4.75. The van der Waals surface area contributed by atoms with Crippen LogP contribution in [0.25, 0.3) is 0 Å². The molecule has 1 saturated carbocycles. The number of phenolic OH excluding ortho intramolecular Hbond substituents is 2. The summed E-state index contributed by atoms with van der Waals surface area (Å²) in [6, 6.07) is 5.64. The minimum absolute atomic E-state index is 0.00230. The van der Waals surface area contributed by atoms with Gasteiger partial charge in [0.2, 0.25) is 0 Å². The fourth-order valence-corrected chi connectivity index (χ4v) is 3.63. The third-order valence-electron chi connectivity index (χ3n) is 3.47. The second-order valence-corrected chi connectivity index (χ2v) is 6.33. The van der Waals surface area contributed by atoms with E-state index in [9.17, 15) is 10.2 Å². The Morgan fingerprint density at radius 1 is 1.33 bits per heavy atom. The SMILES string of the molecule is CCSC1CCC(NCc2cccc(O)c2O)C1. The molecular weight excluding hydrogens is 246 g/mol. The van der Waals surface area contributed by atoms with Crippen molar-refractivity contribution in [1.82, 2.24) is 5.32 Å². The van der Waals surface area contributed by atoms with Crippen LogP contribution < -0.4 is 5.32 Å². The van der Waals surface area contributed by atoms with Crippen LogP contribution in [0.5, 0.6) is 11.5 Å². The van der Waals surface area contributed by atoms with E-state index in [1.54, 1.807) is 6.07 Å². The minimum Gasteiger partial charge on any atom is -0.504 e. The number of benzene rings is 1. The van der Waals surface area contributed by atoms with Gasteiger partial charge in [0, 0.05) is 23.4 Å². The number of nitrogens with one attached hydrogen (secondary N) is 1. The highest BCUT2D eigenvalue weighted by atomic mass is 32.2. The quantitative estimate of drug-likeness (QED) is 0.718. The molecule has 1 fully saturated rings. The van der Waals surface area contributed by atoms with Gasteiger partial charge in [-0.3, -0.25) is 0 Å². The van der Waals surface area contributed by atoms with Gasteiger partial charge in [0.1, 0.15) is 0 Å². The van der Waals surface area contributed by atoms with Crippen molar-refractivity contribution < 1.29 is 10.2 Å². The fourth-order valence-electron chi connectivity index (χ4n) is 2.49. The predicted molar refractivity (Wildman–Crippen MR) is 76.2 cm³/mol. The Bertz CT molecular complexity index is 397. The zero-order chi connectivity index (χ0) is 13.0. The zero-order valence-electron chi connectivity index (χ0n) is 10.7. The van der Waals surface area contributed by atoms with Crippen molar-refractivity contribution in [2.24, 2.45) is 0 Å². The maximum absolute atomic E-state index is 9.71. The number of hydrogen-bond donors (Lipinski definition) is 3. The van der Waals surface area contributed by atoms with E-state index in [1.165, 1.54) is 31.1 Å². The third kappa shape index (κ3) is 3.33. The summed E-state index contributed by atoms with van der Waals surface area (Å²) in [4.78, 5) is 0. The van der Waals surface area contributed by atoms with Crippen molar-refractivity contribution in [3.63, 3.8) is 0 Å². The van der Waals surface area contributed by atoms with Gasteiger partial charge in [0.15, 0.2) is 11.5 Å². The van der Waals surface area contributed by atoms with Crippen LogP contribution in [-0.4, -0.2) is 27.3 Å². The van der Waals surface area contributed by atoms with Crippen molar-refractivity contribution in [3.05, 3.63) is 23.8 Å². The van der Waals surface area contributed by atoms with Gasteiger partial charge in [-0.2, -0.15) is 11.8 Å². The summed E-state index contributed by atoms with van der Waals surface area (Å²) in [5.74, 6) is 1.15. The molecular formula is C14H21NO2S. The molecule has 100 valence electrons. The standard InChI is InChI=1S/C14H21NO2S/c1-2-18-12-7-6-11(8-12)15-9-10-4-3-5-13(16)14(10)17/h3-5,11-12,15-17H,2,6-9H2,1H3. The number of thioether (sulfide) groups is 1. The van der Waals surface area contributed by atoms with Crippen LogP contribution >= 0.6 is 11.8 Å². The Hall–Kier alpha value is -0.870. The number of hydrogen-bond acceptors (Lipinski definition) is 4. The molecule has 4 heteroatoms. The molecule has 0 radical (unpaired) electrons. The van der Waals surface area contributed by atoms with E-state index in [0.29, 0.717) is 12.6 Å². The van der Waals surface area contributed by atoms with E-state index in [4.69, 9.17) is 0 Å². The highest BCUT2D eigenvalue weighted by molar-refractivity contribution is 7.99. The first-order chi connectivity index (χ1) is 8.70. The van der Waals surface area contributed by atoms with Gasteiger partial charge in [-0.1, -0.05) is 19.1 Å². The molecule has 1 aliphatic carbocycles. The molecule has 0 aliphatic heterocycles. The highest BCUT2D eigenvalue weighted by Gasteiger charge is 2.24. The molecule has 0 saturated heterocycles.